The second kappa shape index (κ2) is 9.09. The fourth-order valence-electron chi connectivity index (χ4n) is 3.82. The van der Waals surface area contributed by atoms with Gasteiger partial charge in [-0.3, -0.25) is 14.5 Å². The third-order valence-corrected chi connectivity index (χ3v) is 6.79. The molecule has 6 nitrogen and oxygen atoms in total. The van der Waals surface area contributed by atoms with E-state index < -0.39 is 23.5 Å². The summed E-state index contributed by atoms with van der Waals surface area (Å²) in [5, 5.41) is 13.6. The lowest BCUT2D eigenvalue weighted by atomic mass is 9.99. The van der Waals surface area contributed by atoms with Gasteiger partial charge < -0.3 is 14.7 Å². The van der Waals surface area contributed by atoms with Crippen molar-refractivity contribution in [3.63, 3.8) is 0 Å². The first kappa shape index (κ1) is 23.2. The monoisotopic (exact) mass is 502 g/mol. The highest BCUT2D eigenvalue weighted by Crippen LogP contribution is 2.46. The number of nitrogens with zero attached hydrogens (tertiary/aromatic N) is 2. The number of methoxy groups -OCH3 is 1. The number of hydrogen-bond donors (Lipinski definition) is 1. The van der Waals surface area contributed by atoms with Crippen molar-refractivity contribution in [1.82, 2.24) is 0 Å². The maximum Gasteiger partial charge on any atom is 0.300 e. The summed E-state index contributed by atoms with van der Waals surface area (Å²) in [6.07, 6.45) is 0. The van der Waals surface area contributed by atoms with E-state index in [2.05, 4.69) is 0 Å². The first-order valence-electron chi connectivity index (χ1n) is 9.89. The van der Waals surface area contributed by atoms with Gasteiger partial charge in [0.05, 0.1) is 23.3 Å². The molecule has 0 spiro atoms. The molecule has 33 heavy (non-hydrogen) atoms. The van der Waals surface area contributed by atoms with Gasteiger partial charge in [-0.2, -0.15) is 0 Å². The second-order valence-electron chi connectivity index (χ2n) is 7.56. The highest BCUT2D eigenvalue weighted by molar-refractivity contribution is 7.10. The predicted octanol–water partition coefficient (Wildman–Crippen LogP) is 5.76. The van der Waals surface area contributed by atoms with Crippen molar-refractivity contribution in [3.8, 4) is 5.75 Å². The lowest BCUT2D eigenvalue weighted by Gasteiger charge is -2.25. The van der Waals surface area contributed by atoms with E-state index in [4.69, 9.17) is 27.9 Å². The Bertz CT molecular complexity index is 1250. The van der Waals surface area contributed by atoms with Gasteiger partial charge in [0.1, 0.15) is 17.6 Å². The summed E-state index contributed by atoms with van der Waals surface area (Å²) >= 11 is 13.8. The maximum atomic E-state index is 13.2. The number of anilines is 2. The van der Waals surface area contributed by atoms with Gasteiger partial charge in [-0.05, 0) is 47.8 Å². The van der Waals surface area contributed by atoms with Gasteiger partial charge in [0, 0.05) is 35.4 Å². The van der Waals surface area contributed by atoms with Gasteiger partial charge in [0.15, 0.2) is 0 Å². The van der Waals surface area contributed by atoms with Gasteiger partial charge in [-0.1, -0.05) is 29.3 Å². The quantitative estimate of drug-likeness (QED) is 0.273. The van der Waals surface area contributed by atoms with Gasteiger partial charge in [-0.15, -0.1) is 11.3 Å². The standard InChI is InChI=1S/C24H20Cl2N2O4S/c1-27(2)14-6-8-15(9-7-14)28-20(18-5-4-10-33-18)19(22(30)24(28)31)21(29)16-11-13(25)12-17(26)23(16)32-3/h4-12,20,29H,1-3H3/b21-19-. The van der Waals surface area contributed by atoms with Crippen molar-refractivity contribution in [2.75, 3.05) is 31.0 Å². The van der Waals surface area contributed by atoms with Crippen LogP contribution in [0, 0.1) is 0 Å². The molecule has 1 aromatic heterocycles. The third-order valence-electron chi connectivity index (χ3n) is 5.37. The van der Waals surface area contributed by atoms with Crippen LogP contribution in [0.25, 0.3) is 5.76 Å². The Hall–Kier alpha value is -3.00. The van der Waals surface area contributed by atoms with Crippen LogP contribution in [0.4, 0.5) is 11.4 Å². The van der Waals surface area contributed by atoms with E-state index in [1.54, 1.807) is 12.1 Å². The number of amides is 1. The van der Waals surface area contributed by atoms with Crippen molar-refractivity contribution >= 4 is 63.4 Å². The summed E-state index contributed by atoms with van der Waals surface area (Å²) in [5.74, 6) is -1.79. The molecule has 170 valence electrons. The molecule has 1 fully saturated rings. The first-order valence-corrected chi connectivity index (χ1v) is 11.5. The van der Waals surface area contributed by atoms with Gasteiger partial charge >= 0.3 is 0 Å². The molecule has 1 aliphatic rings. The molecule has 1 unspecified atom stereocenters. The van der Waals surface area contributed by atoms with Crippen molar-refractivity contribution in [2.24, 2.45) is 0 Å². The zero-order chi connectivity index (χ0) is 23.9. The molecule has 1 saturated heterocycles. The van der Waals surface area contributed by atoms with Crippen molar-refractivity contribution in [2.45, 2.75) is 6.04 Å². The number of aliphatic hydroxyl groups excluding tert-OH is 1. The van der Waals surface area contributed by atoms with Crippen molar-refractivity contribution in [1.29, 1.82) is 0 Å². The molecule has 1 amide bonds. The fraction of sp³-hybridized carbons (Fsp3) is 0.167. The predicted molar refractivity (Wildman–Crippen MR) is 133 cm³/mol. The van der Waals surface area contributed by atoms with Crippen LogP contribution in [0.5, 0.6) is 5.75 Å². The zero-order valence-electron chi connectivity index (χ0n) is 18.0. The van der Waals surface area contributed by atoms with E-state index in [0.29, 0.717) is 5.69 Å². The average molecular weight is 503 g/mol. The molecule has 0 aliphatic carbocycles. The Morgan fingerprint density at radius 3 is 2.39 bits per heavy atom. The zero-order valence-corrected chi connectivity index (χ0v) is 20.3. The van der Waals surface area contributed by atoms with E-state index >= 15 is 0 Å². The van der Waals surface area contributed by atoms with Crippen LogP contribution in [-0.4, -0.2) is 38.0 Å². The molecular weight excluding hydrogens is 483 g/mol. The number of carbonyl (C=O) groups is 2. The number of benzene rings is 2. The van der Waals surface area contributed by atoms with Crippen LogP contribution in [0.1, 0.15) is 16.5 Å². The van der Waals surface area contributed by atoms with Crippen LogP contribution in [0.2, 0.25) is 10.0 Å². The largest absolute Gasteiger partial charge is 0.507 e. The van der Waals surface area contributed by atoms with Crippen LogP contribution in [0.15, 0.2) is 59.5 Å². The number of carbonyl (C=O) groups excluding carboxylic acids is 2. The molecule has 0 saturated carbocycles. The summed E-state index contributed by atoms with van der Waals surface area (Å²) in [6, 6.07) is 13.0. The number of halogens is 2. The summed E-state index contributed by atoms with van der Waals surface area (Å²) in [4.78, 5) is 30.5. The lowest BCUT2D eigenvalue weighted by molar-refractivity contribution is -0.132. The Morgan fingerprint density at radius 2 is 1.82 bits per heavy atom. The Morgan fingerprint density at radius 1 is 1.12 bits per heavy atom. The topological polar surface area (TPSA) is 70.1 Å². The summed E-state index contributed by atoms with van der Waals surface area (Å²) in [7, 11) is 5.22. The molecule has 1 N–H and O–H groups in total. The fourth-order valence-corrected chi connectivity index (χ4v) is 5.21. The molecule has 1 aliphatic heterocycles. The number of ether oxygens (including phenoxy) is 1. The van der Waals surface area contributed by atoms with Crippen LogP contribution >= 0.6 is 34.5 Å². The smallest absolute Gasteiger partial charge is 0.300 e. The molecule has 4 rings (SSSR count). The number of aliphatic hydroxyl groups is 1. The van der Waals surface area contributed by atoms with Gasteiger partial charge in [0.2, 0.25) is 0 Å². The maximum absolute atomic E-state index is 13.2. The molecule has 0 bridgehead atoms. The number of Topliss-reactive ketones (excluding diaryl/α,β-unsaturated/α-hetero) is 1. The highest BCUT2D eigenvalue weighted by atomic mass is 35.5. The van der Waals surface area contributed by atoms with Crippen molar-refractivity contribution in [3.05, 3.63) is 80.0 Å². The molecule has 2 heterocycles. The molecule has 9 heteroatoms. The number of hydrogen-bond acceptors (Lipinski definition) is 6. The second-order valence-corrected chi connectivity index (χ2v) is 9.39. The molecule has 3 aromatic rings. The third kappa shape index (κ3) is 4.08. The number of rotatable bonds is 5. The number of ketones is 1. The molecular formula is C24H20Cl2N2O4S. The van der Waals surface area contributed by atoms with E-state index in [0.717, 1.165) is 10.6 Å². The minimum absolute atomic E-state index is 0.0595. The average Bonchev–Trinajstić information content (AvgIpc) is 3.40. The Kier molecular flexibility index (Phi) is 6.38. The summed E-state index contributed by atoms with van der Waals surface area (Å²) < 4.78 is 5.35. The Balaban J connectivity index is 1.94. The van der Waals surface area contributed by atoms with Crippen LogP contribution in [0.3, 0.4) is 0 Å². The van der Waals surface area contributed by atoms with Crippen LogP contribution < -0.4 is 14.5 Å². The first-order chi connectivity index (χ1) is 15.7. The van der Waals surface area contributed by atoms with Crippen LogP contribution in [-0.2, 0) is 9.59 Å². The summed E-state index contributed by atoms with van der Waals surface area (Å²) in [5.41, 5.74) is 1.56. The van der Waals surface area contributed by atoms with E-state index in [1.807, 2.05) is 48.6 Å². The van der Waals surface area contributed by atoms with Gasteiger partial charge in [0.25, 0.3) is 11.7 Å². The Labute approximate surface area is 205 Å². The van der Waals surface area contributed by atoms with Crippen molar-refractivity contribution < 1.29 is 19.4 Å². The minimum atomic E-state index is -0.822. The van der Waals surface area contributed by atoms with E-state index in [1.165, 1.54) is 35.5 Å². The molecule has 0 radical (unpaired) electrons. The van der Waals surface area contributed by atoms with E-state index in [-0.39, 0.29) is 26.9 Å². The number of thiophene rings is 1. The highest BCUT2D eigenvalue weighted by Gasteiger charge is 2.47. The molecule has 1 atom stereocenters. The van der Waals surface area contributed by atoms with Gasteiger partial charge in [-0.25, -0.2) is 0 Å². The minimum Gasteiger partial charge on any atom is -0.507 e. The lowest BCUT2D eigenvalue weighted by Crippen LogP contribution is -2.29. The summed E-state index contributed by atoms with van der Waals surface area (Å²) in [6.45, 7) is 0. The normalized spacial score (nSPS) is 17.5. The SMILES string of the molecule is COc1c(Cl)cc(Cl)cc1/C(O)=C1/C(=O)C(=O)N(c2ccc(N(C)C)cc2)C1c1cccs1. The van der Waals surface area contributed by atoms with E-state index in [9.17, 15) is 14.7 Å². The molecule has 2 aromatic carbocycles.